The van der Waals surface area contributed by atoms with Crippen molar-refractivity contribution in [1.82, 2.24) is 10.2 Å². The standard InChI is InChI=1S/C21H32N2O2S/c1-26-20-7-4-18(5-8-20)16-23-12-10-17(11-13-23)6-9-21(24)22-15-19-3-2-14-25-19/h4-5,7-8,17,19H,2-3,6,9-16H2,1H3,(H,22,24)/t19-/m1/s1. The van der Waals surface area contributed by atoms with Crippen molar-refractivity contribution in [3.63, 3.8) is 0 Å². The first-order valence-electron chi connectivity index (χ1n) is 9.96. The first-order valence-corrected chi connectivity index (χ1v) is 11.2. The van der Waals surface area contributed by atoms with E-state index >= 15 is 0 Å². The van der Waals surface area contributed by atoms with Crippen molar-refractivity contribution < 1.29 is 9.53 Å². The molecule has 3 rings (SSSR count). The Bertz CT molecular complexity index is 550. The third-order valence-corrected chi connectivity index (χ3v) is 6.35. The largest absolute Gasteiger partial charge is 0.376 e. The lowest BCUT2D eigenvalue weighted by atomic mass is 9.92. The Morgan fingerprint density at radius 1 is 1.23 bits per heavy atom. The van der Waals surface area contributed by atoms with Crippen LogP contribution in [0.2, 0.25) is 0 Å². The molecule has 0 spiro atoms. The predicted octanol–water partition coefficient (Wildman–Crippen LogP) is 3.70. The van der Waals surface area contributed by atoms with Gasteiger partial charge in [-0.05, 0) is 75.1 Å². The highest BCUT2D eigenvalue weighted by atomic mass is 32.2. The number of nitrogens with one attached hydrogen (secondary N) is 1. The quantitative estimate of drug-likeness (QED) is 0.703. The van der Waals surface area contributed by atoms with E-state index in [1.165, 1.54) is 23.3 Å². The van der Waals surface area contributed by atoms with Crippen LogP contribution in [0.1, 0.15) is 44.1 Å². The second kappa shape index (κ2) is 10.3. The van der Waals surface area contributed by atoms with Crippen LogP contribution in [0.4, 0.5) is 0 Å². The van der Waals surface area contributed by atoms with Gasteiger partial charge in [0.15, 0.2) is 0 Å². The van der Waals surface area contributed by atoms with E-state index in [4.69, 9.17) is 4.74 Å². The van der Waals surface area contributed by atoms with Crippen LogP contribution in [0.25, 0.3) is 0 Å². The molecule has 144 valence electrons. The summed E-state index contributed by atoms with van der Waals surface area (Å²) in [6.07, 6.45) is 8.67. The van der Waals surface area contributed by atoms with E-state index in [-0.39, 0.29) is 12.0 Å². The van der Waals surface area contributed by atoms with Crippen LogP contribution in [0.5, 0.6) is 0 Å². The van der Waals surface area contributed by atoms with E-state index < -0.39 is 0 Å². The van der Waals surface area contributed by atoms with Gasteiger partial charge < -0.3 is 10.1 Å². The molecule has 0 aromatic heterocycles. The first-order chi connectivity index (χ1) is 12.7. The van der Waals surface area contributed by atoms with Crippen molar-refractivity contribution in [3.8, 4) is 0 Å². The lowest BCUT2D eigenvalue weighted by Gasteiger charge is -2.32. The molecule has 2 heterocycles. The van der Waals surface area contributed by atoms with Crippen molar-refractivity contribution in [1.29, 1.82) is 0 Å². The molecular weight excluding hydrogens is 344 g/mol. The number of hydrogen-bond acceptors (Lipinski definition) is 4. The molecule has 4 nitrogen and oxygen atoms in total. The summed E-state index contributed by atoms with van der Waals surface area (Å²) >= 11 is 1.79. The second-order valence-corrected chi connectivity index (χ2v) is 8.43. The van der Waals surface area contributed by atoms with Crippen LogP contribution in [0, 0.1) is 5.92 Å². The summed E-state index contributed by atoms with van der Waals surface area (Å²) in [4.78, 5) is 15.9. The molecule has 2 fully saturated rings. The van der Waals surface area contributed by atoms with Crippen LogP contribution in [-0.2, 0) is 16.1 Å². The number of ether oxygens (including phenoxy) is 1. The zero-order valence-corrected chi connectivity index (χ0v) is 16.7. The Hall–Kier alpha value is -1.04. The maximum Gasteiger partial charge on any atom is 0.220 e. The Balaban J connectivity index is 1.29. The number of piperidine rings is 1. The Labute approximate surface area is 162 Å². The summed E-state index contributed by atoms with van der Waals surface area (Å²) in [5.41, 5.74) is 1.40. The topological polar surface area (TPSA) is 41.6 Å². The molecule has 0 saturated carbocycles. The highest BCUT2D eigenvalue weighted by Gasteiger charge is 2.21. The zero-order chi connectivity index (χ0) is 18.2. The summed E-state index contributed by atoms with van der Waals surface area (Å²) in [6.45, 7) is 4.87. The van der Waals surface area contributed by atoms with Crippen molar-refractivity contribution >= 4 is 17.7 Å². The van der Waals surface area contributed by atoms with Gasteiger partial charge in [0.05, 0.1) is 6.10 Å². The fourth-order valence-electron chi connectivity index (χ4n) is 3.88. The summed E-state index contributed by atoms with van der Waals surface area (Å²) in [5.74, 6) is 0.885. The van der Waals surface area contributed by atoms with E-state index in [2.05, 4.69) is 40.7 Å². The number of thioether (sulfide) groups is 1. The molecule has 1 aromatic carbocycles. The van der Waals surface area contributed by atoms with Gasteiger partial charge in [-0.15, -0.1) is 11.8 Å². The number of nitrogens with zero attached hydrogens (tertiary/aromatic N) is 1. The van der Waals surface area contributed by atoms with Gasteiger partial charge in [0.25, 0.3) is 0 Å². The molecule has 0 unspecified atom stereocenters. The summed E-state index contributed by atoms with van der Waals surface area (Å²) in [6, 6.07) is 8.91. The van der Waals surface area contributed by atoms with Gasteiger partial charge in [0.1, 0.15) is 0 Å². The SMILES string of the molecule is CSc1ccc(CN2CCC(CCC(=O)NC[C@H]3CCCO3)CC2)cc1. The number of carbonyl (C=O) groups is 1. The molecule has 5 heteroatoms. The normalized spacial score (nSPS) is 21.8. The van der Waals surface area contributed by atoms with Crippen molar-refractivity contribution in [3.05, 3.63) is 29.8 Å². The van der Waals surface area contributed by atoms with Crippen LogP contribution < -0.4 is 5.32 Å². The maximum absolute atomic E-state index is 12.0. The number of carbonyl (C=O) groups excluding carboxylic acids is 1. The molecule has 2 aliphatic rings. The number of rotatable bonds is 8. The van der Waals surface area contributed by atoms with Gasteiger partial charge >= 0.3 is 0 Å². The van der Waals surface area contributed by atoms with Gasteiger partial charge in [-0.1, -0.05) is 12.1 Å². The lowest BCUT2D eigenvalue weighted by Crippen LogP contribution is -2.34. The van der Waals surface area contributed by atoms with Gasteiger partial charge in [0, 0.05) is 31.0 Å². The minimum Gasteiger partial charge on any atom is -0.376 e. The second-order valence-electron chi connectivity index (χ2n) is 7.55. The molecule has 26 heavy (non-hydrogen) atoms. The maximum atomic E-state index is 12.0. The number of benzene rings is 1. The molecule has 0 bridgehead atoms. The molecule has 2 saturated heterocycles. The average Bonchev–Trinajstić information content (AvgIpc) is 3.20. The minimum absolute atomic E-state index is 0.191. The van der Waals surface area contributed by atoms with Crippen LogP contribution in [0.15, 0.2) is 29.2 Å². The van der Waals surface area contributed by atoms with Crippen molar-refractivity contribution in [2.75, 3.05) is 32.5 Å². The molecule has 0 aliphatic carbocycles. The first kappa shape index (κ1) is 19.7. The van der Waals surface area contributed by atoms with Gasteiger partial charge in [-0.2, -0.15) is 0 Å². The monoisotopic (exact) mass is 376 g/mol. The van der Waals surface area contributed by atoms with Gasteiger partial charge in [0.2, 0.25) is 5.91 Å². The zero-order valence-electron chi connectivity index (χ0n) is 15.9. The fourth-order valence-corrected chi connectivity index (χ4v) is 4.29. The predicted molar refractivity (Wildman–Crippen MR) is 107 cm³/mol. The van der Waals surface area contributed by atoms with Crippen molar-refractivity contribution in [2.24, 2.45) is 5.92 Å². The third-order valence-electron chi connectivity index (χ3n) is 5.60. The Morgan fingerprint density at radius 2 is 2.00 bits per heavy atom. The Morgan fingerprint density at radius 3 is 2.65 bits per heavy atom. The summed E-state index contributed by atoms with van der Waals surface area (Å²) in [5, 5.41) is 3.04. The molecule has 2 aliphatic heterocycles. The van der Waals surface area contributed by atoms with E-state index in [0.717, 1.165) is 45.5 Å². The molecule has 1 atom stereocenters. The van der Waals surface area contributed by atoms with E-state index in [9.17, 15) is 4.79 Å². The fraction of sp³-hybridized carbons (Fsp3) is 0.667. The number of hydrogen-bond donors (Lipinski definition) is 1. The number of amides is 1. The highest BCUT2D eigenvalue weighted by molar-refractivity contribution is 7.98. The number of likely N-dealkylation sites (tertiary alicyclic amines) is 1. The van der Waals surface area contributed by atoms with Crippen LogP contribution in [-0.4, -0.2) is 49.4 Å². The highest BCUT2D eigenvalue weighted by Crippen LogP contribution is 2.24. The molecule has 1 aromatic rings. The van der Waals surface area contributed by atoms with Gasteiger partial charge in [-0.3, -0.25) is 9.69 Å². The Kier molecular flexibility index (Phi) is 7.84. The summed E-state index contributed by atoms with van der Waals surface area (Å²) in [7, 11) is 0. The van der Waals surface area contributed by atoms with E-state index in [1.807, 2.05) is 0 Å². The molecular formula is C21H32N2O2S. The van der Waals surface area contributed by atoms with Crippen LogP contribution >= 0.6 is 11.8 Å². The average molecular weight is 377 g/mol. The van der Waals surface area contributed by atoms with E-state index in [0.29, 0.717) is 18.9 Å². The molecule has 1 N–H and O–H groups in total. The smallest absolute Gasteiger partial charge is 0.220 e. The van der Waals surface area contributed by atoms with Crippen LogP contribution in [0.3, 0.4) is 0 Å². The lowest BCUT2D eigenvalue weighted by molar-refractivity contribution is -0.122. The third kappa shape index (κ3) is 6.29. The summed E-state index contributed by atoms with van der Waals surface area (Å²) < 4.78 is 5.55. The molecule has 1 amide bonds. The minimum atomic E-state index is 0.191. The van der Waals surface area contributed by atoms with E-state index in [1.54, 1.807) is 11.8 Å². The molecule has 0 radical (unpaired) electrons. The van der Waals surface area contributed by atoms with Gasteiger partial charge in [-0.25, -0.2) is 0 Å². The van der Waals surface area contributed by atoms with Crippen molar-refractivity contribution in [2.45, 2.75) is 56.1 Å².